The molecule has 0 heterocycles. The summed E-state index contributed by atoms with van der Waals surface area (Å²) in [5.74, 6) is 0.691. The number of ether oxygens (including phenoxy) is 1. The summed E-state index contributed by atoms with van der Waals surface area (Å²) < 4.78 is 19.6. The van der Waals surface area contributed by atoms with Crippen molar-refractivity contribution in [2.45, 2.75) is 60.8 Å². The Kier molecular flexibility index (Phi) is 12.4. The van der Waals surface area contributed by atoms with Gasteiger partial charge >= 0.3 is 0 Å². The summed E-state index contributed by atoms with van der Waals surface area (Å²) in [6, 6.07) is 14.4. The molecule has 186 valence electrons. The number of rotatable bonds is 5. The lowest BCUT2D eigenvalue weighted by Gasteiger charge is -2.17. The number of nitrogens with zero attached hydrogens (tertiary/aromatic N) is 1. The van der Waals surface area contributed by atoms with E-state index in [1.54, 1.807) is 6.08 Å². The van der Waals surface area contributed by atoms with Gasteiger partial charge in [0.15, 0.2) is 0 Å². The highest BCUT2D eigenvalue weighted by atomic mass is 19.1. The fraction of sp³-hybridized carbons (Fsp3) is 0.419. The molecule has 1 aliphatic rings. The van der Waals surface area contributed by atoms with Crippen LogP contribution in [-0.4, -0.2) is 20.7 Å². The molecule has 34 heavy (non-hydrogen) atoms. The minimum absolute atomic E-state index is 0.0622. The first-order valence-electron chi connectivity index (χ1n) is 12.1. The fourth-order valence-electron chi connectivity index (χ4n) is 3.01. The Labute approximate surface area is 207 Å². The van der Waals surface area contributed by atoms with Gasteiger partial charge in [0.25, 0.3) is 0 Å². The molecule has 0 fully saturated rings. The summed E-state index contributed by atoms with van der Waals surface area (Å²) in [5, 5.41) is 0. The summed E-state index contributed by atoms with van der Waals surface area (Å²) in [6.45, 7) is 16.6. The van der Waals surface area contributed by atoms with Crippen LogP contribution in [0.4, 0.5) is 10.1 Å². The van der Waals surface area contributed by atoms with Crippen molar-refractivity contribution in [2.75, 3.05) is 25.6 Å². The predicted molar refractivity (Wildman–Crippen MR) is 149 cm³/mol. The minimum atomic E-state index is -0.0622. The molecule has 0 aromatic heterocycles. The van der Waals surface area contributed by atoms with Gasteiger partial charge in [0.1, 0.15) is 18.2 Å². The predicted octanol–water partition coefficient (Wildman–Crippen LogP) is 9.32. The fourth-order valence-corrected chi connectivity index (χ4v) is 3.01. The van der Waals surface area contributed by atoms with E-state index in [4.69, 9.17) is 4.74 Å². The van der Waals surface area contributed by atoms with Crippen LogP contribution in [0.15, 0.2) is 78.7 Å². The van der Waals surface area contributed by atoms with Gasteiger partial charge < -0.3 is 9.64 Å². The quantitative estimate of drug-likeness (QED) is 0.408. The average Bonchev–Trinajstić information content (AvgIpc) is 2.79. The van der Waals surface area contributed by atoms with Gasteiger partial charge in [-0.2, -0.15) is 0 Å². The number of halogens is 1. The van der Waals surface area contributed by atoms with Gasteiger partial charge in [-0.25, -0.2) is 4.39 Å². The van der Waals surface area contributed by atoms with Crippen LogP contribution in [0, 0.1) is 12.3 Å². The largest absolute Gasteiger partial charge is 0.489 e. The molecule has 0 spiro atoms. The van der Waals surface area contributed by atoms with Gasteiger partial charge in [-0.15, -0.1) is 6.58 Å². The number of anilines is 1. The van der Waals surface area contributed by atoms with E-state index in [1.165, 1.54) is 17.7 Å². The van der Waals surface area contributed by atoms with Gasteiger partial charge in [-0.3, -0.25) is 0 Å². The topological polar surface area (TPSA) is 12.5 Å². The van der Waals surface area contributed by atoms with E-state index < -0.39 is 0 Å². The molecular weight excluding hydrogens is 421 g/mol. The van der Waals surface area contributed by atoms with Crippen molar-refractivity contribution in [3.63, 3.8) is 0 Å². The van der Waals surface area contributed by atoms with Gasteiger partial charge in [0, 0.05) is 31.8 Å². The second-order valence-corrected chi connectivity index (χ2v) is 9.91. The van der Waals surface area contributed by atoms with E-state index in [-0.39, 0.29) is 12.4 Å². The molecule has 2 nitrogen and oxygen atoms in total. The lowest BCUT2D eigenvalue weighted by Crippen LogP contribution is -2.10. The number of aryl methyl sites for hydroxylation is 1. The Morgan fingerprint density at radius 1 is 1.09 bits per heavy atom. The summed E-state index contributed by atoms with van der Waals surface area (Å²) >= 11 is 0. The van der Waals surface area contributed by atoms with Crippen LogP contribution in [0.25, 0.3) is 11.1 Å². The smallest absolute Gasteiger partial charge is 0.120 e. The van der Waals surface area contributed by atoms with Crippen LogP contribution in [0.1, 0.15) is 59.4 Å². The third-order valence-electron chi connectivity index (χ3n) is 5.51. The molecule has 0 N–H and O–H groups in total. The number of benzene rings is 2. The molecule has 0 atom stereocenters. The highest BCUT2D eigenvalue weighted by molar-refractivity contribution is 5.71. The zero-order chi connectivity index (χ0) is 25.7. The van der Waals surface area contributed by atoms with Gasteiger partial charge in [0.2, 0.25) is 0 Å². The Hall–Kier alpha value is -2.81. The molecule has 0 radical (unpaired) electrons. The van der Waals surface area contributed by atoms with Crippen molar-refractivity contribution in [3.05, 3.63) is 84.2 Å². The van der Waals surface area contributed by atoms with E-state index in [1.807, 2.05) is 51.4 Å². The highest BCUT2D eigenvalue weighted by Crippen LogP contribution is 2.29. The van der Waals surface area contributed by atoms with Gasteiger partial charge in [0.05, 0.1) is 0 Å². The summed E-state index contributed by atoms with van der Waals surface area (Å²) in [4.78, 5) is 2.11. The molecule has 3 heteroatoms. The maximum absolute atomic E-state index is 13.8. The second-order valence-electron chi connectivity index (χ2n) is 9.91. The zero-order valence-corrected chi connectivity index (χ0v) is 22.5. The number of allylic oxidation sites excluding steroid dienone is 3. The van der Waals surface area contributed by atoms with Crippen molar-refractivity contribution < 1.29 is 9.13 Å². The number of hydrogen-bond donors (Lipinski definition) is 0. The molecule has 0 bridgehead atoms. The monoisotopic (exact) mass is 465 g/mol. The van der Waals surface area contributed by atoms with Crippen molar-refractivity contribution >= 4 is 5.69 Å². The zero-order valence-electron chi connectivity index (χ0n) is 22.5. The maximum atomic E-state index is 13.8. The Morgan fingerprint density at radius 2 is 1.71 bits per heavy atom. The van der Waals surface area contributed by atoms with E-state index in [9.17, 15) is 4.39 Å². The van der Waals surface area contributed by atoms with Crippen molar-refractivity contribution in [1.82, 2.24) is 0 Å². The minimum Gasteiger partial charge on any atom is -0.489 e. The van der Waals surface area contributed by atoms with Crippen LogP contribution in [0.3, 0.4) is 0 Å². The number of hydrogen-bond acceptors (Lipinski definition) is 2. The van der Waals surface area contributed by atoms with E-state index >= 15 is 0 Å². The van der Waals surface area contributed by atoms with Crippen LogP contribution in [0.2, 0.25) is 0 Å². The first kappa shape index (κ1) is 29.2. The molecule has 0 unspecified atom stereocenters. The van der Waals surface area contributed by atoms with Crippen LogP contribution < -0.4 is 9.64 Å². The maximum Gasteiger partial charge on any atom is 0.120 e. The molecule has 0 amide bonds. The molecule has 0 aliphatic heterocycles. The third kappa shape index (κ3) is 10.4. The molecule has 0 saturated heterocycles. The first-order valence-corrected chi connectivity index (χ1v) is 12.1. The van der Waals surface area contributed by atoms with E-state index in [0.717, 1.165) is 23.3 Å². The molecule has 0 saturated carbocycles. The molecule has 1 aliphatic carbocycles. The molecule has 2 aromatic rings. The Morgan fingerprint density at radius 3 is 2.26 bits per heavy atom. The lowest BCUT2D eigenvalue weighted by atomic mass is 9.94. The van der Waals surface area contributed by atoms with E-state index in [0.29, 0.717) is 17.4 Å². The SMILES string of the molecule is C=CC.CCC(C)(C)C.Cc1ccc(-c2cccc(OCC3=C(F)CCC=C3)c2)cc1N(C)C. The standard InChI is InChI=1S/C22H24FNO.C6H14.C3H6/c1-16-11-12-18(14-22(16)24(2)3)17-8-6-9-20(13-17)25-15-19-7-4-5-10-21(19)23;1-5-6(2,3)4;1-3-2/h4,6-9,11-14H,5,10,15H2,1-3H3;5H2,1-4H3;3H,1H2,2H3. The summed E-state index contributed by atoms with van der Waals surface area (Å²) in [5.41, 5.74) is 5.86. The van der Waals surface area contributed by atoms with Gasteiger partial charge in [-0.05, 0) is 60.6 Å². The first-order chi connectivity index (χ1) is 16.0. The molecular formula is C31H44FNO. The van der Waals surface area contributed by atoms with Crippen molar-refractivity contribution in [1.29, 1.82) is 0 Å². The Bertz CT molecular complexity index is 964. The summed E-state index contributed by atoms with van der Waals surface area (Å²) in [6.07, 6.45) is 8.09. The Balaban J connectivity index is 0.000000551. The van der Waals surface area contributed by atoms with Crippen molar-refractivity contribution in [2.24, 2.45) is 5.41 Å². The van der Waals surface area contributed by atoms with Crippen molar-refractivity contribution in [3.8, 4) is 16.9 Å². The van der Waals surface area contributed by atoms with Crippen LogP contribution in [0.5, 0.6) is 5.75 Å². The summed E-state index contributed by atoms with van der Waals surface area (Å²) in [7, 11) is 4.09. The van der Waals surface area contributed by atoms with Crippen LogP contribution in [-0.2, 0) is 0 Å². The van der Waals surface area contributed by atoms with Crippen LogP contribution >= 0.6 is 0 Å². The molecule has 3 rings (SSSR count). The molecule has 2 aromatic carbocycles. The van der Waals surface area contributed by atoms with E-state index in [2.05, 4.69) is 70.4 Å². The normalized spacial score (nSPS) is 12.7. The third-order valence-corrected chi connectivity index (χ3v) is 5.51. The average molecular weight is 466 g/mol. The van der Waals surface area contributed by atoms with Gasteiger partial charge in [-0.1, -0.05) is 76.6 Å². The highest BCUT2D eigenvalue weighted by Gasteiger charge is 2.09. The lowest BCUT2D eigenvalue weighted by molar-refractivity contribution is 0.348. The second kappa shape index (κ2) is 14.5.